The number of halogens is 1. The predicted octanol–water partition coefficient (Wildman–Crippen LogP) is 3.43. The Hall–Kier alpha value is -1.48. The molecule has 1 aliphatic heterocycles. The zero-order chi connectivity index (χ0) is 12.5. The van der Waals surface area contributed by atoms with Crippen molar-refractivity contribution in [1.29, 1.82) is 0 Å². The average Bonchev–Trinajstić information content (AvgIpc) is 2.97. The minimum atomic E-state index is 0.609. The number of hydrogen-bond acceptors (Lipinski definition) is 2. The normalized spacial score (nSPS) is 15.3. The fourth-order valence-electron chi connectivity index (χ4n) is 2.57. The smallest absolute Gasteiger partial charge is 0.172 e. The van der Waals surface area contributed by atoms with Gasteiger partial charge in [-0.1, -0.05) is 29.8 Å². The van der Waals surface area contributed by atoms with Gasteiger partial charge in [-0.2, -0.15) is 0 Å². The number of para-hydroxylation sites is 1. The molecule has 0 aliphatic carbocycles. The van der Waals surface area contributed by atoms with Gasteiger partial charge in [-0.05, 0) is 31.9 Å². The van der Waals surface area contributed by atoms with Crippen LogP contribution in [0.5, 0.6) is 0 Å². The van der Waals surface area contributed by atoms with Crippen LogP contribution in [0.2, 0.25) is 5.15 Å². The Balaban J connectivity index is 2.13. The van der Waals surface area contributed by atoms with Gasteiger partial charge in [-0.3, -0.25) is 4.57 Å². The molecule has 0 unspecified atom stereocenters. The van der Waals surface area contributed by atoms with Crippen LogP contribution in [0.4, 0.5) is 5.82 Å². The van der Waals surface area contributed by atoms with Gasteiger partial charge >= 0.3 is 0 Å². The minimum absolute atomic E-state index is 0.609. The topological polar surface area (TPSA) is 21.1 Å². The van der Waals surface area contributed by atoms with Crippen molar-refractivity contribution in [2.24, 2.45) is 0 Å². The average molecular weight is 262 g/mol. The second-order valence-electron chi connectivity index (χ2n) is 4.64. The third-order valence-corrected chi connectivity index (χ3v) is 3.65. The lowest BCUT2D eigenvalue weighted by Crippen LogP contribution is -2.21. The van der Waals surface area contributed by atoms with E-state index >= 15 is 0 Å². The Morgan fingerprint density at radius 2 is 1.78 bits per heavy atom. The van der Waals surface area contributed by atoms with E-state index in [-0.39, 0.29) is 0 Å². The number of aromatic nitrogens is 2. The molecule has 1 aromatic heterocycles. The van der Waals surface area contributed by atoms with Crippen LogP contribution in [0.15, 0.2) is 30.3 Å². The fourth-order valence-corrected chi connectivity index (χ4v) is 2.90. The van der Waals surface area contributed by atoms with Crippen molar-refractivity contribution in [3.05, 3.63) is 41.3 Å². The summed E-state index contributed by atoms with van der Waals surface area (Å²) >= 11 is 6.31. The maximum Gasteiger partial charge on any atom is 0.172 e. The largest absolute Gasteiger partial charge is 0.355 e. The molecule has 3 nitrogen and oxygen atoms in total. The molecular formula is C14H16ClN3. The van der Waals surface area contributed by atoms with E-state index in [0.717, 1.165) is 30.4 Å². The molecule has 1 aliphatic rings. The molecule has 0 spiro atoms. The van der Waals surface area contributed by atoms with Crippen molar-refractivity contribution >= 4 is 17.4 Å². The van der Waals surface area contributed by atoms with Gasteiger partial charge < -0.3 is 4.90 Å². The molecule has 0 saturated carbocycles. The lowest BCUT2D eigenvalue weighted by atomic mass is 10.3. The summed E-state index contributed by atoms with van der Waals surface area (Å²) < 4.78 is 2.15. The molecule has 1 fully saturated rings. The molecule has 1 saturated heterocycles. The highest BCUT2D eigenvalue weighted by Gasteiger charge is 2.22. The van der Waals surface area contributed by atoms with E-state index in [1.54, 1.807) is 0 Å². The maximum atomic E-state index is 6.31. The molecule has 94 valence electrons. The van der Waals surface area contributed by atoms with Gasteiger partial charge in [0.15, 0.2) is 11.0 Å². The molecule has 0 amide bonds. The van der Waals surface area contributed by atoms with Gasteiger partial charge in [-0.25, -0.2) is 4.98 Å². The molecule has 0 bridgehead atoms. The zero-order valence-electron chi connectivity index (χ0n) is 10.4. The van der Waals surface area contributed by atoms with E-state index in [2.05, 4.69) is 26.6 Å². The number of nitrogens with zero attached hydrogens (tertiary/aromatic N) is 3. The first-order chi connectivity index (χ1) is 8.77. The van der Waals surface area contributed by atoms with Crippen LogP contribution in [-0.4, -0.2) is 22.6 Å². The third kappa shape index (κ3) is 1.89. The number of aryl methyl sites for hydroxylation is 1. The number of rotatable bonds is 2. The van der Waals surface area contributed by atoms with Gasteiger partial charge in [0.2, 0.25) is 0 Å². The molecule has 2 heterocycles. The summed E-state index contributed by atoms with van der Waals surface area (Å²) in [5.41, 5.74) is 1.12. The summed E-state index contributed by atoms with van der Waals surface area (Å²) in [6, 6.07) is 10.3. The van der Waals surface area contributed by atoms with E-state index in [1.165, 1.54) is 12.8 Å². The quantitative estimate of drug-likeness (QED) is 0.826. The molecule has 18 heavy (non-hydrogen) atoms. The summed E-state index contributed by atoms with van der Waals surface area (Å²) in [4.78, 5) is 6.75. The Bertz CT molecular complexity index is 542. The van der Waals surface area contributed by atoms with E-state index in [9.17, 15) is 0 Å². The van der Waals surface area contributed by atoms with Gasteiger partial charge in [0.1, 0.15) is 5.82 Å². The highest BCUT2D eigenvalue weighted by Crippen LogP contribution is 2.32. The lowest BCUT2D eigenvalue weighted by Gasteiger charge is -2.20. The van der Waals surface area contributed by atoms with Crippen LogP contribution in [0, 0.1) is 6.92 Å². The van der Waals surface area contributed by atoms with Crippen LogP contribution >= 0.6 is 11.6 Å². The van der Waals surface area contributed by atoms with Crippen LogP contribution in [-0.2, 0) is 0 Å². The summed E-state index contributed by atoms with van der Waals surface area (Å²) in [6.07, 6.45) is 2.46. The highest BCUT2D eigenvalue weighted by molar-refractivity contribution is 6.32. The van der Waals surface area contributed by atoms with Crippen molar-refractivity contribution in [1.82, 2.24) is 9.55 Å². The van der Waals surface area contributed by atoms with Crippen LogP contribution in [0.3, 0.4) is 0 Å². The minimum Gasteiger partial charge on any atom is -0.355 e. The highest BCUT2D eigenvalue weighted by atomic mass is 35.5. The Labute approximate surface area is 112 Å². The molecule has 1 aromatic carbocycles. The molecule has 0 radical (unpaired) electrons. The van der Waals surface area contributed by atoms with Crippen molar-refractivity contribution < 1.29 is 0 Å². The molecular weight excluding hydrogens is 246 g/mol. The van der Waals surface area contributed by atoms with E-state index in [4.69, 9.17) is 11.6 Å². The van der Waals surface area contributed by atoms with E-state index in [0.29, 0.717) is 5.15 Å². The van der Waals surface area contributed by atoms with Crippen molar-refractivity contribution in [2.75, 3.05) is 18.0 Å². The van der Waals surface area contributed by atoms with Crippen LogP contribution in [0.25, 0.3) is 5.69 Å². The molecule has 0 N–H and O–H groups in total. The monoisotopic (exact) mass is 261 g/mol. The predicted molar refractivity (Wildman–Crippen MR) is 74.8 cm³/mol. The molecule has 4 heteroatoms. The maximum absolute atomic E-state index is 6.31. The number of hydrogen-bond donors (Lipinski definition) is 0. The summed E-state index contributed by atoms with van der Waals surface area (Å²) in [5.74, 6) is 1.98. The number of anilines is 1. The standard InChI is InChI=1S/C14H16ClN3/c1-11-16-13(15)14(17-9-5-6-10-17)18(11)12-7-3-2-4-8-12/h2-4,7-8H,5-6,9-10H2,1H3. The third-order valence-electron chi connectivity index (χ3n) is 3.40. The second kappa shape index (κ2) is 4.65. The zero-order valence-corrected chi connectivity index (χ0v) is 11.2. The first kappa shape index (κ1) is 11.6. The summed E-state index contributed by atoms with van der Waals surface area (Å²) in [7, 11) is 0. The Morgan fingerprint density at radius 3 is 2.44 bits per heavy atom. The fraction of sp³-hybridized carbons (Fsp3) is 0.357. The Morgan fingerprint density at radius 1 is 1.11 bits per heavy atom. The SMILES string of the molecule is Cc1nc(Cl)c(N2CCCC2)n1-c1ccccc1. The Kier molecular flexibility index (Phi) is 3.00. The van der Waals surface area contributed by atoms with Crippen LogP contribution < -0.4 is 4.90 Å². The number of imidazole rings is 1. The van der Waals surface area contributed by atoms with Gasteiger partial charge in [0.25, 0.3) is 0 Å². The first-order valence-corrected chi connectivity index (χ1v) is 6.70. The molecule has 2 aromatic rings. The van der Waals surface area contributed by atoms with Crippen LogP contribution in [0.1, 0.15) is 18.7 Å². The van der Waals surface area contributed by atoms with Gasteiger partial charge in [0, 0.05) is 18.8 Å². The lowest BCUT2D eigenvalue weighted by molar-refractivity contribution is 0.881. The first-order valence-electron chi connectivity index (χ1n) is 6.32. The van der Waals surface area contributed by atoms with Crippen molar-refractivity contribution in [2.45, 2.75) is 19.8 Å². The number of benzene rings is 1. The summed E-state index contributed by atoms with van der Waals surface area (Å²) in [6.45, 7) is 4.13. The summed E-state index contributed by atoms with van der Waals surface area (Å²) in [5, 5.41) is 0.609. The second-order valence-corrected chi connectivity index (χ2v) is 5.00. The van der Waals surface area contributed by atoms with E-state index < -0.39 is 0 Å². The van der Waals surface area contributed by atoms with Gasteiger partial charge in [0.05, 0.1) is 0 Å². The van der Waals surface area contributed by atoms with Crippen molar-refractivity contribution in [3.8, 4) is 5.69 Å². The van der Waals surface area contributed by atoms with E-state index in [1.807, 2.05) is 25.1 Å². The molecule has 0 atom stereocenters. The van der Waals surface area contributed by atoms with Gasteiger partial charge in [-0.15, -0.1) is 0 Å². The van der Waals surface area contributed by atoms with Crippen molar-refractivity contribution in [3.63, 3.8) is 0 Å². The molecule has 3 rings (SSSR count).